The third-order valence-electron chi connectivity index (χ3n) is 3.57. The highest BCUT2D eigenvalue weighted by Crippen LogP contribution is 2.13. The smallest absolute Gasteiger partial charge is 0.122 e. The molecule has 0 saturated heterocycles. The molecule has 4 nitrogen and oxygen atoms in total. The summed E-state index contributed by atoms with van der Waals surface area (Å²) in [5, 5.41) is 7.47. The molecule has 0 saturated carbocycles. The lowest BCUT2D eigenvalue weighted by Gasteiger charge is -2.22. The molecule has 0 spiro atoms. The van der Waals surface area contributed by atoms with E-state index in [9.17, 15) is 0 Å². The van der Waals surface area contributed by atoms with E-state index in [1.165, 1.54) is 17.5 Å². The van der Waals surface area contributed by atoms with E-state index in [0.29, 0.717) is 0 Å². The van der Waals surface area contributed by atoms with Crippen molar-refractivity contribution in [2.75, 3.05) is 33.7 Å². The van der Waals surface area contributed by atoms with Gasteiger partial charge in [0.05, 0.1) is 0 Å². The van der Waals surface area contributed by atoms with Crippen molar-refractivity contribution in [3.8, 4) is 0 Å². The van der Waals surface area contributed by atoms with E-state index in [1.54, 1.807) is 0 Å². The maximum Gasteiger partial charge on any atom is 0.122 e. The number of hydrogen-bond donors (Lipinski definition) is 2. The molecule has 0 fully saturated rings. The maximum absolute atomic E-state index is 7.47. The van der Waals surface area contributed by atoms with Crippen LogP contribution < -0.4 is 5.73 Å². The van der Waals surface area contributed by atoms with Crippen LogP contribution in [0.25, 0.3) is 0 Å². The Labute approximate surface area is 123 Å². The minimum atomic E-state index is 0.137. The first-order valence-corrected chi connectivity index (χ1v) is 7.25. The van der Waals surface area contributed by atoms with E-state index in [0.717, 1.165) is 31.7 Å². The molecule has 0 atom stereocenters. The molecule has 0 aliphatic heterocycles. The van der Waals surface area contributed by atoms with Gasteiger partial charge in [-0.1, -0.05) is 19.1 Å². The Hall–Kier alpha value is -1.39. The maximum atomic E-state index is 7.47. The Bertz CT molecular complexity index is 440. The fraction of sp³-hybridized carbons (Fsp3) is 0.562. The third-order valence-corrected chi connectivity index (χ3v) is 3.57. The van der Waals surface area contributed by atoms with Crippen molar-refractivity contribution in [1.29, 1.82) is 5.41 Å². The van der Waals surface area contributed by atoms with Gasteiger partial charge in [-0.05, 0) is 64.3 Å². The highest BCUT2D eigenvalue weighted by molar-refractivity contribution is 5.95. The molecule has 1 aromatic carbocycles. The summed E-state index contributed by atoms with van der Waals surface area (Å²) in [7, 11) is 4.22. The van der Waals surface area contributed by atoms with Crippen LogP contribution in [0.1, 0.15) is 30.0 Å². The Kier molecular flexibility index (Phi) is 6.68. The number of hydrogen-bond acceptors (Lipinski definition) is 3. The van der Waals surface area contributed by atoms with Gasteiger partial charge < -0.3 is 10.6 Å². The van der Waals surface area contributed by atoms with E-state index < -0.39 is 0 Å². The normalized spacial score (nSPS) is 11.3. The summed E-state index contributed by atoms with van der Waals surface area (Å²) >= 11 is 0. The molecule has 0 aliphatic rings. The second kappa shape index (κ2) is 8.02. The van der Waals surface area contributed by atoms with Crippen LogP contribution in [0.5, 0.6) is 0 Å². The van der Waals surface area contributed by atoms with Crippen LogP contribution >= 0.6 is 0 Å². The Balaban J connectivity index is 2.63. The molecule has 1 aromatic rings. The van der Waals surface area contributed by atoms with Crippen molar-refractivity contribution in [1.82, 2.24) is 9.80 Å². The summed E-state index contributed by atoms with van der Waals surface area (Å²) in [5.41, 5.74) is 8.86. The lowest BCUT2D eigenvalue weighted by atomic mass is 10.0. The highest BCUT2D eigenvalue weighted by atomic mass is 15.1. The van der Waals surface area contributed by atoms with E-state index >= 15 is 0 Å². The first-order valence-electron chi connectivity index (χ1n) is 7.25. The van der Waals surface area contributed by atoms with Crippen molar-refractivity contribution in [2.24, 2.45) is 5.73 Å². The molecule has 112 valence electrons. The Morgan fingerprint density at radius 2 is 1.95 bits per heavy atom. The van der Waals surface area contributed by atoms with Gasteiger partial charge in [-0.3, -0.25) is 10.3 Å². The standard InChI is InChI=1S/C16H28N4/c1-5-20(10-6-9-19(3)4)12-15-8-7-14(16(17)18)11-13(15)2/h7-8,11H,5-6,9-10,12H2,1-4H3,(H3,17,18). The van der Waals surface area contributed by atoms with Gasteiger partial charge in [0, 0.05) is 12.1 Å². The predicted octanol–water partition coefficient (Wildman–Crippen LogP) is 2.05. The van der Waals surface area contributed by atoms with Gasteiger partial charge in [0.2, 0.25) is 0 Å². The molecule has 1 rings (SSSR count). The Morgan fingerprint density at radius 3 is 2.45 bits per heavy atom. The minimum Gasteiger partial charge on any atom is -0.384 e. The summed E-state index contributed by atoms with van der Waals surface area (Å²) in [6.07, 6.45) is 1.19. The quantitative estimate of drug-likeness (QED) is 0.564. The van der Waals surface area contributed by atoms with E-state index in [2.05, 4.69) is 43.8 Å². The van der Waals surface area contributed by atoms with Crippen LogP contribution in [0.2, 0.25) is 0 Å². The molecule has 0 unspecified atom stereocenters. The van der Waals surface area contributed by atoms with E-state index in [-0.39, 0.29) is 5.84 Å². The van der Waals surface area contributed by atoms with Gasteiger partial charge in [0.15, 0.2) is 0 Å². The molecule has 0 aromatic heterocycles. The zero-order valence-corrected chi connectivity index (χ0v) is 13.2. The summed E-state index contributed by atoms with van der Waals surface area (Å²) in [4.78, 5) is 4.68. The van der Waals surface area contributed by atoms with Gasteiger partial charge in [0.25, 0.3) is 0 Å². The average molecular weight is 276 g/mol. The zero-order valence-electron chi connectivity index (χ0n) is 13.2. The lowest BCUT2D eigenvalue weighted by molar-refractivity contribution is 0.259. The van der Waals surface area contributed by atoms with Gasteiger partial charge >= 0.3 is 0 Å². The lowest BCUT2D eigenvalue weighted by Crippen LogP contribution is -2.27. The van der Waals surface area contributed by atoms with Crippen LogP contribution in [-0.2, 0) is 6.54 Å². The molecule has 0 amide bonds. The molecular formula is C16H28N4. The molecule has 0 heterocycles. The summed E-state index contributed by atoms with van der Waals surface area (Å²) in [6.45, 7) is 8.56. The van der Waals surface area contributed by atoms with Crippen LogP contribution in [0.3, 0.4) is 0 Å². The third kappa shape index (κ3) is 5.31. The molecule has 4 heteroatoms. The van der Waals surface area contributed by atoms with Crippen molar-refractivity contribution in [2.45, 2.75) is 26.8 Å². The fourth-order valence-electron chi connectivity index (χ4n) is 2.24. The van der Waals surface area contributed by atoms with E-state index in [1.807, 2.05) is 12.1 Å². The molecule has 3 N–H and O–H groups in total. The van der Waals surface area contributed by atoms with Gasteiger partial charge in [-0.15, -0.1) is 0 Å². The zero-order chi connectivity index (χ0) is 15.1. The van der Waals surface area contributed by atoms with Crippen molar-refractivity contribution in [3.05, 3.63) is 34.9 Å². The number of nitrogens with two attached hydrogens (primary N) is 1. The molecular weight excluding hydrogens is 248 g/mol. The number of rotatable bonds is 8. The van der Waals surface area contributed by atoms with E-state index in [4.69, 9.17) is 11.1 Å². The minimum absolute atomic E-state index is 0.137. The molecule has 0 aliphatic carbocycles. The average Bonchev–Trinajstić information content (AvgIpc) is 2.38. The van der Waals surface area contributed by atoms with Crippen LogP contribution in [0.4, 0.5) is 0 Å². The largest absolute Gasteiger partial charge is 0.384 e. The van der Waals surface area contributed by atoms with Gasteiger partial charge in [-0.2, -0.15) is 0 Å². The number of benzene rings is 1. The predicted molar refractivity (Wildman–Crippen MR) is 86.3 cm³/mol. The number of aryl methyl sites for hydroxylation is 1. The van der Waals surface area contributed by atoms with Crippen molar-refractivity contribution >= 4 is 5.84 Å². The molecule has 0 radical (unpaired) electrons. The number of nitrogens with one attached hydrogen (secondary N) is 1. The number of amidine groups is 1. The number of nitrogens with zero attached hydrogens (tertiary/aromatic N) is 2. The van der Waals surface area contributed by atoms with Crippen LogP contribution in [0.15, 0.2) is 18.2 Å². The fourth-order valence-corrected chi connectivity index (χ4v) is 2.24. The highest BCUT2D eigenvalue weighted by Gasteiger charge is 2.07. The van der Waals surface area contributed by atoms with Gasteiger partial charge in [0.1, 0.15) is 5.84 Å². The first-order chi connectivity index (χ1) is 9.43. The summed E-state index contributed by atoms with van der Waals surface area (Å²) < 4.78 is 0. The first kappa shape index (κ1) is 16.7. The van der Waals surface area contributed by atoms with Crippen molar-refractivity contribution < 1.29 is 0 Å². The molecule has 0 bridgehead atoms. The summed E-state index contributed by atoms with van der Waals surface area (Å²) in [6, 6.07) is 6.05. The SMILES string of the molecule is CCN(CCCN(C)C)Cc1ccc(C(=N)N)cc1C. The number of nitrogen functional groups attached to an aromatic ring is 1. The van der Waals surface area contributed by atoms with Gasteiger partial charge in [-0.25, -0.2) is 0 Å². The Morgan fingerprint density at radius 1 is 1.25 bits per heavy atom. The molecule has 20 heavy (non-hydrogen) atoms. The second-order valence-corrected chi connectivity index (χ2v) is 5.58. The summed E-state index contributed by atoms with van der Waals surface area (Å²) in [5.74, 6) is 0.137. The topological polar surface area (TPSA) is 56.4 Å². The second-order valence-electron chi connectivity index (χ2n) is 5.58. The van der Waals surface area contributed by atoms with Crippen molar-refractivity contribution in [3.63, 3.8) is 0 Å². The van der Waals surface area contributed by atoms with Crippen LogP contribution in [-0.4, -0.2) is 49.4 Å². The monoisotopic (exact) mass is 276 g/mol. The van der Waals surface area contributed by atoms with Crippen LogP contribution in [0, 0.1) is 12.3 Å².